The summed E-state index contributed by atoms with van der Waals surface area (Å²) in [5.41, 5.74) is 2.37. The van der Waals surface area contributed by atoms with Gasteiger partial charge in [-0.2, -0.15) is 0 Å². The van der Waals surface area contributed by atoms with Gasteiger partial charge >= 0.3 is 0 Å². The number of aromatic hydroxyl groups is 1. The lowest BCUT2D eigenvalue weighted by molar-refractivity contribution is -0.163. The Balaban J connectivity index is 1.71. The monoisotopic (exact) mass is 683 g/mol. The molecule has 0 heterocycles. The van der Waals surface area contributed by atoms with Crippen LogP contribution in [0.15, 0.2) is 12.1 Å². The van der Waals surface area contributed by atoms with E-state index in [0.29, 0.717) is 12.2 Å². The van der Waals surface area contributed by atoms with E-state index in [1.807, 2.05) is 6.07 Å². The summed E-state index contributed by atoms with van der Waals surface area (Å²) in [6.45, 7) is 20.6. The van der Waals surface area contributed by atoms with Gasteiger partial charge < -0.3 is 19.3 Å². The zero-order valence-corrected chi connectivity index (χ0v) is 33.8. The van der Waals surface area contributed by atoms with E-state index in [9.17, 15) is 5.11 Å². The molecule has 0 spiro atoms. The van der Waals surface area contributed by atoms with Crippen molar-refractivity contribution < 1.29 is 19.3 Å². The minimum atomic E-state index is -0.408. The Labute approximate surface area is 303 Å². The predicted molar refractivity (Wildman–Crippen MR) is 207 cm³/mol. The summed E-state index contributed by atoms with van der Waals surface area (Å²) in [4.78, 5) is 0. The highest BCUT2D eigenvalue weighted by Crippen LogP contribution is 2.45. The molecule has 0 amide bonds. The van der Waals surface area contributed by atoms with Crippen LogP contribution >= 0.6 is 0 Å². The second-order valence-corrected chi connectivity index (χ2v) is 18.8. The number of hydrogen-bond acceptors (Lipinski definition) is 4. The molecule has 0 bridgehead atoms. The fourth-order valence-corrected chi connectivity index (χ4v) is 10.7. The molecule has 0 saturated heterocycles. The van der Waals surface area contributed by atoms with Gasteiger partial charge in [-0.15, -0.1) is 0 Å². The van der Waals surface area contributed by atoms with E-state index in [1.165, 1.54) is 81.8 Å². The number of benzene rings is 1. The Morgan fingerprint density at radius 1 is 0.490 bits per heavy atom. The van der Waals surface area contributed by atoms with Crippen molar-refractivity contribution in [3.05, 3.63) is 28.8 Å². The fraction of sp³-hybridized carbons (Fsp3) is 0.867. The lowest BCUT2D eigenvalue weighted by Crippen LogP contribution is -2.46. The maximum atomic E-state index is 11.7. The zero-order chi connectivity index (χ0) is 35.8. The number of hydrogen-bond donors (Lipinski definition) is 1. The van der Waals surface area contributed by atoms with Gasteiger partial charge in [0.05, 0.1) is 33.6 Å². The van der Waals surface area contributed by atoms with Crippen LogP contribution in [0, 0.1) is 0 Å². The molecule has 3 fully saturated rings. The molecule has 4 rings (SSSR count). The topological polar surface area (TPSA) is 47.9 Å². The molecule has 3 aliphatic carbocycles. The van der Waals surface area contributed by atoms with Crippen LogP contribution < -0.4 is 0 Å². The zero-order valence-electron chi connectivity index (χ0n) is 33.8. The number of phenolic OH excluding ortho intramolecular Hbond substituents is 1. The van der Waals surface area contributed by atoms with E-state index in [-0.39, 0.29) is 28.0 Å². The van der Waals surface area contributed by atoms with Crippen LogP contribution in [0.2, 0.25) is 0 Å². The molecule has 0 radical (unpaired) electrons. The quantitative estimate of drug-likeness (QED) is 0.167. The normalized spacial score (nSPS) is 21.5. The van der Waals surface area contributed by atoms with Gasteiger partial charge in [0, 0.05) is 24.8 Å². The van der Waals surface area contributed by atoms with Crippen molar-refractivity contribution in [2.75, 3.05) is 0 Å². The Hall–Kier alpha value is -1.10. The maximum absolute atomic E-state index is 11.7. The number of ether oxygens (including phenoxy) is 3. The van der Waals surface area contributed by atoms with Gasteiger partial charge in [0.25, 0.3) is 0 Å². The third-order valence-electron chi connectivity index (χ3n) is 12.2. The molecule has 3 saturated carbocycles. The molecule has 0 atom stereocenters. The standard InChI is InChI=1S/C45H78O4/c1-10-24-43(27-16-13-17-28-43)47-40(4,5)33-36-22-23-39(46)38(35-42(8,9)49-45(26-12-3)31-20-15-21-32-45)37(36)34-41(6,7)48-44(25-11-2)29-18-14-19-30-44/h22-23,46H,10-21,24-35H2,1-9H3. The molecule has 0 aromatic heterocycles. The maximum Gasteiger partial charge on any atom is 0.119 e. The minimum absolute atomic E-state index is 0.0181. The van der Waals surface area contributed by atoms with E-state index in [2.05, 4.69) is 68.4 Å². The van der Waals surface area contributed by atoms with Gasteiger partial charge in [0.1, 0.15) is 5.75 Å². The highest BCUT2D eigenvalue weighted by Gasteiger charge is 2.42. The summed E-state index contributed by atoms with van der Waals surface area (Å²) in [7, 11) is 0. The smallest absolute Gasteiger partial charge is 0.119 e. The van der Waals surface area contributed by atoms with Gasteiger partial charge in [-0.05, 0) is 117 Å². The first kappa shape index (κ1) is 40.7. The molecule has 1 aromatic rings. The van der Waals surface area contributed by atoms with Crippen molar-refractivity contribution >= 4 is 0 Å². The Kier molecular flexibility index (Phi) is 14.2. The summed E-state index contributed by atoms with van der Waals surface area (Å²) in [5, 5.41) is 11.7. The largest absolute Gasteiger partial charge is 0.508 e. The Morgan fingerprint density at radius 2 is 0.816 bits per heavy atom. The molecule has 1 aromatic carbocycles. The van der Waals surface area contributed by atoms with Crippen molar-refractivity contribution in [3.63, 3.8) is 0 Å². The van der Waals surface area contributed by atoms with Gasteiger partial charge in [0.15, 0.2) is 0 Å². The van der Waals surface area contributed by atoms with Crippen LogP contribution in [0.4, 0.5) is 0 Å². The first-order chi connectivity index (χ1) is 23.1. The van der Waals surface area contributed by atoms with E-state index in [1.54, 1.807) is 0 Å². The van der Waals surface area contributed by atoms with Crippen LogP contribution in [0.25, 0.3) is 0 Å². The van der Waals surface area contributed by atoms with E-state index < -0.39 is 5.60 Å². The van der Waals surface area contributed by atoms with Gasteiger partial charge in [-0.25, -0.2) is 0 Å². The number of phenols is 1. The first-order valence-corrected chi connectivity index (χ1v) is 21.0. The van der Waals surface area contributed by atoms with Crippen LogP contribution in [-0.2, 0) is 33.5 Å². The highest BCUT2D eigenvalue weighted by atomic mass is 16.5. The minimum Gasteiger partial charge on any atom is -0.508 e. The van der Waals surface area contributed by atoms with Crippen molar-refractivity contribution in [2.24, 2.45) is 0 Å². The summed E-state index contributed by atoms with van der Waals surface area (Å²) < 4.78 is 21.8. The summed E-state index contributed by atoms with van der Waals surface area (Å²) in [5.74, 6) is 0.397. The molecule has 0 unspecified atom stereocenters. The number of rotatable bonds is 18. The van der Waals surface area contributed by atoms with E-state index in [0.717, 1.165) is 82.6 Å². The third-order valence-corrected chi connectivity index (χ3v) is 12.2. The SMILES string of the molecule is CCCC1(OC(C)(C)Cc2ccc(O)c(CC(C)(C)OC3(CCC)CCCCC3)c2CC(C)(C)OC2(CCC)CCCCC2)CCCCC1. The lowest BCUT2D eigenvalue weighted by Gasteiger charge is -2.45. The van der Waals surface area contributed by atoms with E-state index in [4.69, 9.17) is 14.2 Å². The van der Waals surface area contributed by atoms with Gasteiger partial charge in [-0.1, -0.05) is 104 Å². The van der Waals surface area contributed by atoms with Crippen molar-refractivity contribution in [1.29, 1.82) is 0 Å². The fourth-order valence-electron chi connectivity index (χ4n) is 10.7. The molecule has 282 valence electrons. The van der Waals surface area contributed by atoms with Gasteiger partial charge in [-0.3, -0.25) is 0 Å². The summed E-state index contributed by atoms with van der Waals surface area (Å²) in [6, 6.07) is 4.15. The van der Waals surface area contributed by atoms with Crippen LogP contribution in [0.5, 0.6) is 5.75 Å². The highest BCUT2D eigenvalue weighted by molar-refractivity contribution is 5.46. The molecular formula is C45H78O4. The average Bonchev–Trinajstić information content (AvgIpc) is 3.01. The van der Waals surface area contributed by atoms with Crippen LogP contribution in [0.3, 0.4) is 0 Å². The molecular weight excluding hydrogens is 604 g/mol. The predicted octanol–water partition coefficient (Wildman–Crippen LogP) is 12.9. The third kappa shape index (κ3) is 11.4. The van der Waals surface area contributed by atoms with Crippen molar-refractivity contribution in [3.8, 4) is 5.75 Å². The molecule has 1 N–H and O–H groups in total. The summed E-state index contributed by atoms with van der Waals surface area (Å²) >= 11 is 0. The molecule has 4 heteroatoms. The van der Waals surface area contributed by atoms with Crippen LogP contribution in [-0.4, -0.2) is 38.7 Å². The average molecular weight is 683 g/mol. The Morgan fingerprint density at radius 3 is 1.16 bits per heavy atom. The lowest BCUT2D eigenvalue weighted by atomic mass is 9.78. The van der Waals surface area contributed by atoms with Gasteiger partial charge in [0.2, 0.25) is 0 Å². The van der Waals surface area contributed by atoms with E-state index >= 15 is 0 Å². The van der Waals surface area contributed by atoms with Crippen molar-refractivity contribution in [2.45, 2.75) is 250 Å². The molecule has 0 aliphatic heterocycles. The molecule has 4 nitrogen and oxygen atoms in total. The summed E-state index contributed by atoms with van der Waals surface area (Å²) in [6.07, 6.45) is 27.5. The first-order valence-electron chi connectivity index (χ1n) is 21.0. The second kappa shape index (κ2) is 17.2. The second-order valence-electron chi connectivity index (χ2n) is 18.8. The Bertz CT molecular complexity index is 1130. The molecule has 49 heavy (non-hydrogen) atoms. The van der Waals surface area contributed by atoms with Crippen molar-refractivity contribution in [1.82, 2.24) is 0 Å². The molecule has 3 aliphatic rings. The van der Waals surface area contributed by atoms with Crippen LogP contribution in [0.1, 0.15) is 214 Å².